The van der Waals surface area contributed by atoms with Crippen LogP contribution in [0.3, 0.4) is 0 Å². The fourth-order valence-electron chi connectivity index (χ4n) is 2.26. The summed E-state index contributed by atoms with van der Waals surface area (Å²) in [5, 5.41) is 4.51. The summed E-state index contributed by atoms with van der Waals surface area (Å²) in [4.78, 5) is 2.21. The van der Waals surface area contributed by atoms with Crippen molar-refractivity contribution < 1.29 is 4.74 Å². The lowest BCUT2D eigenvalue weighted by atomic mass is 10.2. The van der Waals surface area contributed by atoms with Gasteiger partial charge in [-0.25, -0.2) is 4.68 Å². The number of hydrogen-bond donors (Lipinski definition) is 1. The van der Waals surface area contributed by atoms with Gasteiger partial charge in [0.2, 0.25) is 0 Å². The zero-order valence-corrected chi connectivity index (χ0v) is 11.1. The van der Waals surface area contributed by atoms with Crippen LogP contribution >= 0.6 is 0 Å². The molecule has 1 fully saturated rings. The number of nitrogen functional groups attached to an aromatic ring is 1. The van der Waals surface area contributed by atoms with Crippen molar-refractivity contribution >= 4 is 11.5 Å². The second-order valence-corrected chi connectivity index (χ2v) is 4.99. The lowest BCUT2D eigenvalue weighted by molar-refractivity contribution is 0.193. The molecule has 1 unspecified atom stereocenters. The SMILES string of the molecule is Cc1nn(C(C)C)c(N(C)C2CCOC2)c1N. The van der Waals surface area contributed by atoms with Gasteiger partial charge < -0.3 is 15.4 Å². The standard InChI is InChI=1S/C12H22N4O/c1-8(2)16-12(11(13)9(3)14-16)15(4)10-5-6-17-7-10/h8,10H,5-7,13H2,1-4H3. The van der Waals surface area contributed by atoms with E-state index in [0.717, 1.165) is 36.8 Å². The van der Waals surface area contributed by atoms with Gasteiger partial charge >= 0.3 is 0 Å². The molecule has 0 bridgehead atoms. The fraction of sp³-hybridized carbons (Fsp3) is 0.750. The van der Waals surface area contributed by atoms with E-state index in [-0.39, 0.29) is 0 Å². The highest BCUT2D eigenvalue weighted by atomic mass is 16.5. The van der Waals surface area contributed by atoms with Gasteiger partial charge in [-0.15, -0.1) is 0 Å². The first-order chi connectivity index (χ1) is 8.02. The maximum Gasteiger partial charge on any atom is 0.150 e. The summed E-state index contributed by atoms with van der Waals surface area (Å²) in [7, 11) is 2.07. The second-order valence-electron chi connectivity index (χ2n) is 4.99. The van der Waals surface area contributed by atoms with Gasteiger partial charge in [-0.2, -0.15) is 5.10 Å². The molecular weight excluding hydrogens is 216 g/mol. The second kappa shape index (κ2) is 4.56. The van der Waals surface area contributed by atoms with Crippen molar-refractivity contribution in [3.8, 4) is 0 Å². The molecule has 1 aliphatic rings. The van der Waals surface area contributed by atoms with Crippen LogP contribution in [0.15, 0.2) is 0 Å². The van der Waals surface area contributed by atoms with Gasteiger partial charge in [0.1, 0.15) is 0 Å². The lowest BCUT2D eigenvalue weighted by Gasteiger charge is -2.27. The van der Waals surface area contributed by atoms with Gasteiger partial charge in [0.05, 0.1) is 24.0 Å². The minimum atomic E-state index is 0.311. The molecule has 0 aliphatic carbocycles. The Morgan fingerprint density at radius 1 is 1.53 bits per heavy atom. The zero-order chi connectivity index (χ0) is 12.6. The Bertz CT molecular complexity index is 393. The van der Waals surface area contributed by atoms with Crippen molar-refractivity contribution in [2.45, 2.75) is 39.3 Å². The topological polar surface area (TPSA) is 56.3 Å². The van der Waals surface area contributed by atoms with E-state index in [0.29, 0.717) is 12.1 Å². The van der Waals surface area contributed by atoms with Crippen LogP contribution in [0.4, 0.5) is 11.5 Å². The van der Waals surface area contributed by atoms with Crippen molar-refractivity contribution in [3.05, 3.63) is 5.69 Å². The molecule has 0 amide bonds. The Labute approximate surface area is 103 Å². The number of nitrogens with two attached hydrogens (primary N) is 1. The van der Waals surface area contributed by atoms with E-state index in [2.05, 4.69) is 30.9 Å². The molecule has 96 valence electrons. The van der Waals surface area contributed by atoms with Gasteiger partial charge in [0.15, 0.2) is 5.82 Å². The Kier molecular flexibility index (Phi) is 3.28. The van der Waals surface area contributed by atoms with Gasteiger partial charge in [-0.3, -0.25) is 0 Å². The average Bonchev–Trinajstić information content (AvgIpc) is 2.88. The summed E-state index contributed by atoms with van der Waals surface area (Å²) in [5.41, 5.74) is 7.83. The molecule has 2 rings (SSSR count). The Morgan fingerprint density at radius 3 is 2.76 bits per heavy atom. The number of aromatic nitrogens is 2. The van der Waals surface area contributed by atoms with Crippen molar-refractivity contribution in [2.24, 2.45) is 0 Å². The van der Waals surface area contributed by atoms with Crippen molar-refractivity contribution in [3.63, 3.8) is 0 Å². The molecule has 0 saturated carbocycles. The van der Waals surface area contributed by atoms with Gasteiger partial charge in [0.25, 0.3) is 0 Å². The molecule has 1 aromatic rings. The largest absolute Gasteiger partial charge is 0.394 e. The number of likely N-dealkylation sites (N-methyl/N-ethyl adjacent to an activating group) is 1. The van der Waals surface area contributed by atoms with E-state index in [9.17, 15) is 0 Å². The Hall–Kier alpha value is -1.23. The summed E-state index contributed by atoms with van der Waals surface area (Å²) in [6, 6.07) is 0.719. The number of nitrogens with zero attached hydrogens (tertiary/aromatic N) is 3. The number of ether oxygens (including phenoxy) is 1. The number of anilines is 2. The van der Waals surface area contributed by atoms with Gasteiger partial charge in [-0.05, 0) is 27.2 Å². The smallest absolute Gasteiger partial charge is 0.150 e. The van der Waals surface area contributed by atoms with Gasteiger partial charge in [-0.1, -0.05) is 0 Å². The zero-order valence-electron chi connectivity index (χ0n) is 11.1. The van der Waals surface area contributed by atoms with E-state index < -0.39 is 0 Å². The van der Waals surface area contributed by atoms with Crippen LogP contribution in [0.1, 0.15) is 32.0 Å². The Morgan fingerprint density at radius 2 is 2.24 bits per heavy atom. The van der Waals surface area contributed by atoms with E-state index in [1.165, 1.54) is 0 Å². The monoisotopic (exact) mass is 238 g/mol. The summed E-state index contributed by atoms with van der Waals surface area (Å²) >= 11 is 0. The highest BCUT2D eigenvalue weighted by Crippen LogP contribution is 2.31. The first-order valence-electron chi connectivity index (χ1n) is 6.17. The minimum Gasteiger partial charge on any atom is -0.394 e. The predicted molar refractivity (Wildman–Crippen MR) is 69.4 cm³/mol. The quantitative estimate of drug-likeness (QED) is 0.868. The van der Waals surface area contributed by atoms with Crippen molar-refractivity contribution in [1.29, 1.82) is 0 Å². The molecule has 1 aliphatic heterocycles. The molecule has 1 saturated heterocycles. The maximum absolute atomic E-state index is 6.14. The molecule has 5 heteroatoms. The average molecular weight is 238 g/mol. The lowest BCUT2D eigenvalue weighted by Crippen LogP contribution is -2.34. The first-order valence-corrected chi connectivity index (χ1v) is 6.17. The maximum atomic E-state index is 6.14. The molecule has 2 N–H and O–H groups in total. The highest BCUT2D eigenvalue weighted by molar-refractivity contribution is 5.66. The van der Waals surface area contributed by atoms with Crippen LogP contribution in [0.2, 0.25) is 0 Å². The molecule has 1 aromatic heterocycles. The van der Waals surface area contributed by atoms with Gasteiger partial charge in [0, 0.05) is 19.7 Å². The summed E-state index contributed by atoms with van der Waals surface area (Å²) in [6.45, 7) is 7.81. The Balaban J connectivity index is 2.35. The minimum absolute atomic E-state index is 0.311. The molecule has 5 nitrogen and oxygen atoms in total. The summed E-state index contributed by atoms with van der Waals surface area (Å²) < 4.78 is 7.44. The van der Waals surface area contributed by atoms with Crippen molar-refractivity contribution in [2.75, 3.05) is 30.9 Å². The predicted octanol–water partition coefficient (Wildman–Crippen LogP) is 1.58. The molecule has 2 heterocycles. The van der Waals surface area contributed by atoms with Crippen LogP contribution in [-0.4, -0.2) is 36.1 Å². The number of rotatable bonds is 3. The molecule has 0 radical (unpaired) electrons. The summed E-state index contributed by atoms with van der Waals surface area (Å²) in [5.74, 6) is 1.02. The van der Waals surface area contributed by atoms with Crippen LogP contribution in [0, 0.1) is 6.92 Å². The van der Waals surface area contributed by atoms with E-state index >= 15 is 0 Å². The van der Waals surface area contributed by atoms with E-state index in [1.807, 2.05) is 11.6 Å². The van der Waals surface area contributed by atoms with Crippen molar-refractivity contribution in [1.82, 2.24) is 9.78 Å². The summed E-state index contributed by atoms with van der Waals surface area (Å²) in [6.07, 6.45) is 1.05. The third-order valence-electron chi connectivity index (χ3n) is 3.38. The van der Waals surface area contributed by atoms with Crippen LogP contribution < -0.4 is 10.6 Å². The third-order valence-corrected chi connectivity index (χ3v) is 3.38. The van der Waals surface area contributed by atoms with E-state index in [1.54, 1.807) is 0 Å². The molecular formula is C12H22N4O. The first kappa shape index (κ1) is 12.2. The van der Waals surface area contributed by atoms with Crippen LogP contribution in [-0.2, 0) is 4.74 Å². The highest BCUT2D eigenvalue weighted by Gasteiger charge is 2.26. The van der Waals surface area contributed by atoms with Crippen LogP contribution in [0.25, 0.3) is 0 Å². The molecule has 17 heavy (non-hydrogen) atoms. The molecule has 1 atom stereocenters. The number of hydrogen-bond acceptors (Lipinski definition) is 4. The molecule has 0 spiro atoms. The van der Waals surface area contributed by atoms with Crippen LogP contribution in [0.5, 0.6) is 0 Å². The third kappa shape index (κ3) is 2.11. The number of aryl methyl sites for hydroxylation is 1. The normalized spacial score (nSPS) is 20.2. The fourth-order valence-corrected chi connectivity index (χ4v) is 2.26. The van der Waals surface area contributed by atoms with E-state index in [4.69, 9.17) is 10.5 Å². The molecule has 0 aromatic carbocycles.